The maximum Gasteiger partial charge on any atom is 0.230 e. The summed E-state index contributed by atoms with van der Waals surface area (Å²) >= 11 is 1.38. The molecule has 7 heteroatoms. The molecule has 0 spiro atoms. The third-order valence-corrected chi connectivity index (χ3v) is 4.24. The van der Waals surface area contributed by atoms with Crippen LogP contribution in [0.4, 0.5) is 0 Å². The predicted molar refractivity (Wildman–Crippen MR) is 91.3 cm³/mol. The highest BCUT2D eigenvalue weighted by Gasteiger charge is 2.13. The van der Waals surface area contributed by atoms with E-state index in [2.05, 4.69) is 22.4 Å². The normalized spacial score (nSPS) is 10.6. The van der Waals surface area contributed by atoms with Gasteiger partial charge in [-0.1, -0.05) is 25.1 Å². The quantitative estimate of drug-likeness (QED) is 0.593. The monoisotopic (exact) mass is 334 g/mol. The Kier molecular flexibility index (Phi) is 6.46. The summed E-state index contributed by atoms with van der Waals surface area (Å²) in [5, 5.41) is 11.9. The van der Waals surface area contributed by atoms with E-state index >= 15 is 0 Å². The van der Waals surface area contributed by atoms with Crippen LogP contribution in [0.3, 0.4) is 0 Å². The minimum Gasteiger partial charge on any atom is -0.497 e. The smallest absolute Gasteiger partial charge is 0.230 e. The first kappa shape index (κ1) is 17.3. The minimum atomic E-state index is 0.0189. The number of ether oxygens (including phenoxy) is 1. The number of nitrogens with one attached hydrogen (secondary N) is 1. The Morgan fingerprint density at radius 1 is 1.30 bits per heavy atom. The van der Waals surface area contributed by atoms with Crippen molar-refractivity contribution in [2.45, 2.75) is 31.8 Å². The second kappa shape index (κ2) is 8.57. The highest BCUT2D eigenvalue weighted by molar-refractivity contribution is 7.99. The van der Waals surface area contributed by atoms with Crippen molar-refractivity contribution < 1.29 is 9.53 Å². The largest absolute Gasteiger partial charge is 0.497 e. The second-order valence-corrected chi connectivity index (χ2v) is 6.00. The van der Waals surface area contributed by atoms with E-state index in [0.29, 0.717) is 10.9 Å². The third kappa shape index (κ3) is 4.72. The molecule has 23 heavy (non-hydrogen) atoms. The number of unbranched alkanes of at least 4 members (excludes halogenated alkanes) is 1. The van der Waals surface area contributed by atoms with Gasteiger partial charge in [0.2, 0.25) is 5.91 Å². The van der Waals surface area contributed by atoms with Crippen LogP contribution in [-0.4, -0.2) is 40.1 Å². The number of hydrogen-bond acceptors (Lipinski definition) is 5. The van der Waals surface area contributed by atoms with Crippen molar-refractivity contribution in [3.63, 3.8) is 0 Å². The molecule has 1 N–H and O–H groups in total. The lowest BCUT2D eigenvalue weighted by Crippen LogP contribution is -2.26. The van der Waals surface area contributed by atoms with Crippen LogP contribution in [0.1, 0.15) is 25.6 Å². The van der Waals surface area contributed by atoms with E-state index in [4.69, 9.17) is 4.74 Å². The Bertz CT molecular complexity index is 640. The molecule has 0 fully saturated rings. The molecule has 1 aromatic heterocycles. The van der Waals surface area contributed by atoms with Crippen LogP contribution in [0, 0.1) is 6.92 Å². The number of thioether (sulfide) groups is 1. The molecule has 0 radical (unpaired) electrons. The molecule has 0 aliphatic heterocycles. The van der Waals surface area contributed by atoms with Gasteiger partial charge in [0, 0.05) is 12.2 Å². The number of aryl methyl sites for hydroxylation is 1. The SMILES string of the molecule is CCCCNC(=O)CSc1nnc(C)n1-c1ccc(OC)cc1. The van der Waals surface area contributed by atoms with Crippen molar-refractivity contribution >= 4 is 17.7 Å². The number of aromatic nitrogens is 3. The van der Waals surface area contributed by atoms with Gasteiger partial charge in [0.25, 0.3) is 0 Å². The fraction of sp³-hybridized carbons (Fsp3) is 0.438. The van der Waals surface area contributed by atoms with Crippen LogP contribution < -0.4 is 10.1 Å². The van der Waals surface area contributed by atoms with E-state index in [1.54, 1.807) is 7.11 Å². The maximum atomic E-state index is 11.8. The van der Waals surface area contributed by atoms with Crippen molar-refractivity contribution in [3.05, 3.63) is 30.1 Å². The Labute approximate surface area is 140 Å². The van der Waals surface area contributed by atoms with E-state index in [-0.39, 0.29) is 5.91 Å². The fourth-order valence-corrected chi connectivity index (χ4v) is 2.88. The predicted octanol–water partition coefficient (Wildman–Crippen LogP) is 2.59. The molecule has 0 saturated heterocycles. The molecule has 0 bridgehead atoms. The van der Waals surface area contributed by atoms with Gasteiger partial charge in [-0.25, -0.2) is 0 Å². The lowest BCUT2D eigenvalue weighted by molar-refractivity contribution is -0.118. The lowest BCUT2D eigenvalue weighted by Gasteiger charge is -2.09. The zero-order valence-electron chi connectivity index (χ0n) is 13.7. The van der Waals surface area contributed by atoms with E-state index in [0.717, 1.165) is 36.6 Å². The maximum absolute atomic E-state index is 11.8. The first-order valence-electron chi connectivity index (χ1n) is 7.61. The Morgan fingerprint density at radius 2 is 2.04 bits per heavy atom. The molecule has 6 nitrogen and oxygen atoms in total. The van der Waals surface area contributed by atoms with Crippen LogP contribution in [-0.2, 0) is 4.79 Å². The van der Waals surface area contributed by atoms with E-state index < -0.39 is 0 Å². The number of rotatable bonds is 8. The second-order valence-electron chi connectivity index (χ2n) is 5.06. The van der Waals surface area contributed by atoms with E-state index in [1.807, 2.05) is 35.8 Å². The van der Waals surface area contributed by atoms with Crippen LogP contribution in [0.25, 0.3) is 5.69 Å². The van der Waals surface area contributed by atoms with E-state index in [1.165, 1.54) is 11.8 Å². The number of amides is 1. The van der Waals surface area contributed by atoms with Crippen molar-refractivity contribution in [1.82, 2.24) is 20.1 Å². The third-order valence-electron chi connectivity index (χ3n) is 3.31. The number of nitrogens with zero attached hydrogens (tertiary/aromatic N) is 3. The lowest BCUT2D eigenvalue weighted by atomic mass is 10.3. The van der Waals surface area contributed by atoms with Gasteiger partial charge in [0.15, 0.2) is 5.16 Å². The zero-order valence-corrected chi connectivity index (χ0v) is 14.5. The van der Waals surface area contributed by atoms with Gasteiger partial charge in [0.1, 0.15) is 11.6 Å². The summed E-state index contributed by atoms with van der Waals surface area (Å²) in [5.74, 6) is 1.93. The van der Waals surface area contributed by atoms with Gasteiger partial charge in [-0.15, -0.1) is 10.2 Å². The molecule has 1 aromatic carbocycles. The average molecular weight is 334 g/mol. The molecular formula is C16H22N4O2S. The molecule has 0 aliphatic carbocycles. The molecule has 2 aromatic rings. The van der Waals surface area contributed by atoms with Crippen molar-refractivity contribution in [2.75, 3.05) is 19.4 Å². The van der Waals surface area contributed by atoms with Gasteiger partial charge >= 0.3 is 0 Å². The number of methoxy groups -OCH3 is 1. The summed E-state index contributed by atoms with van der Waals surface area (Å²) < 4.78 is 7.11. The molecular weight excluding hydrogens is 312 g/mol. The van der Waals surface area contributed by atoms with Gasteiger partial charge in [0.05, 0.1) is 12.9 Å². The van der Waals surface area contributed by atoms with Gasteiger partial charge in [-0.3, -0.25) is 9.36 Å². The van der Waals surface area contributed by atoms with Crippen molar-refractivity contribution in [1.29, 1.82) is 0 Å². The summed E-state index contributed by atoms with van der Waals surface area (Å²) in [6.07, 6.45) is 2.07. The number of hydrogen-bond donors (Lipinski definition) is 1. The number of carbonyl (C=O) groups is 1. The van der Waals surface area contributed by atoms with Gasteiger partial charge in [-0.05, 0) is 37.6 Å². The summed E-state index contributed by atoms with van der Waals surface area (Å²) in [5.41, 5.74) is 0.946. The summed E-state index contributed by atoms with van der Waals surface area (Å²) in [7, 11) is 1.64. The molecule has 124 valence electrons. The van der Waals surface area contributed by atoms with Gasteiger partial charge < -0.3 is 10.1 Å². The molecule has 0 saturated carbocycles. The topological polar surface area (TPSA) is 69.0 Å². The van der Waals surface area contributed by atoms with E-state index in [9.17, 15) is 4.79 Å². The van der Waals surface area contributed by atoms with Gasteiger partial charge in [-0.2, -0.15) is 0 Å². The average Bonchev–Trinajstić information content (AvgIpc) is 2.94. The molecule has 0 unspecified atom stereocenters. The van der Waals surface area contributed by atoms with Crippen LogP contribution in [0.2, 0.25) is 0 Å². The highest BCUT2D eigenvalue weighted by atomic mass is 32.2. The molecule has 1 amide bonds. The summed E-state index contributed by atoms with van der Waals surface area (Å²) in [4.78, 5) is 11.8. The molecule has 2 rings (SSSR count). The molecule has 0 aliphatic rings. The summed E-state index contributed by atoms with van der Waals surface area (Å²) in [6.45, 7) is 4.71. The Hall–Kier alpha value is -2.02. The molecule has 0 atom stereocenters. The van der Waals surface area contributed by atoms with Crippen molar-refractivity contribution in [2.24, 2.45) is 0 Å². The number of carbonyl (C=O) groups excluding carboxylic acids is 1. The number of benzene rings is 1. The summed E-state index contributed by atoms with van der Waals surface area (Å²) in [6, 6.07) is 7.67. The Morgan fingerprint density at radius 3 is 2.70 bits per heavy atom. The molecule has 1 heterocycles. The fourth-order valence-electron chi connectivity index (χ4n) is 2.05. The minimum absolute atomic E-state index is 0.0189. The first-order chi connectivity index (χ1) is 11.2. The van der Waals surface area contributed by atoms with Crippen LogP contribution >= 0.6 is 11.8 Å². The van der Waals surface area contributed by atoms with Crippen molar-refractivity contribution in [3.8, 4) is 11.4 Å². The van der Waals surface area contributed by atoms with Crippen LogP contribution in [0.5, 0.6) is 5.75 Å². The Balaban J connectivity index is 2.04. The van der Waals surface area contributed by atoms with Crippen LogP contribution in [0.15, 0.2) is 29.4 Å². The zero-order chi connectivity index (χ0) is 16.7. The highest BCUT2D eigenvalue weighted by Crippen LogP contribution is 2.23. The standard InChI is InChI=1S/C16H22N4O2S/c1-4-5-10-17-15(21)11-23-16-19-18-12(2)20(16)13-6-8-14(22-3)9-7-13/h6-9H,4-5,10-11H2,1-3H3,(H,17,21). The first-order valence-corrected chi connectivity index (χ1v) is 8.60.